The van der Waals surface area contributed by atoms with Gasteiger partial charge in [0, 0.05) is 21.7 Å². The van der Waals surface area contributed by atoms with Crippen molar-refractivity contribution in [3.63, 3.8) is 0 Å². The molecule has 4 nitrogen and oxygen atoms in total. The molecule has 0 amide bonds. The lowest BCUT2D eigenvalue weighted by Gasteiger charge is -2.22. The number of fused-ring (bicyclic) bond motifs is 11. The normalized spacial score (nSPS) is 12.5. The third-order valence-electron chi connectivity index (χ3n) is 8.74. The Balaban J connectivity index is 1.40. The first-order chi connectivity index (χ1) is 20.8. The number of hydrogen-bond donors (Lipinski definition) is 0. The van der Waals surface area contributed by atoms with Crippen molar-refractivity contribution in [2.24, 2.45) is 0 Å². The molecule has 3 heterocycles. The van der Waals surface area contributed by atoms with Gasteiger partial charge in [0.05, 0.1) is 27.6 Å². The van der Waals surface area contributed by atoms with Crippen LogP contribution in [0.2, 0.25) is 0 Å². The van der Waals surface area contributed by atoms with Crippen LogP contribution >= 0.6 is 0 Å². The zero-order valence-corrected chi connectivity index (χ0v) is 22.4. The van der Waals surface area contributed by atoms with Crippen LogP contribution in [0.15, 0.2) is 127 Å². The molecule has 0 bridgehead atoms. The second-order valence-corrected chi connectivity index (χ2v) is 11.0. The fourth-order valence-corrected chi connectivity index (χ4v) is 6.96. The van der Waals surface area contributed by atoms with Gasteiger partial charge in [0.25, 0.3) is 0 Å². The Kier molecular flexibility index (Phi) is 4.15. The lowest BCUT2D eigenvalue weighted by molar-refractivity contribution is 0.487. The first-order valence-corrected chi connectivity index (χ1v) is 14.2. The number of ether oxygens (including phenoxy) is 1. The van der Waals surface area contributed by atoms with E-state index in [0.717, 1.165) is 55.5 Å². The van der Waals surface area contributed by atoms with Crippen molar-refractivity contribution in [3.05, 3.63) is 127 Å². The Morgan fingerprint density at radius 1 is 0.500 bits per heavy atom. The third-order valence-corrected chi connectivity index (χ3v) is 8.74. The summed E-state index contributed by atoms with van der Waals surface area (Å²) in [6, 6.07) is 44.8. The lowest BCUT2D eigenvalue weighted by atomic mass is 9.97. The van der Waals surface area contributed by atoms with E-state index in [0.29, 0.717) is 5.95 Å². The van der Waals surface area contributed by atoms with Crippen LogP contribution < -0.4 is 4.74 Å². The summed E-state index contributed by atoms with van der Waals surface area (Å²) in [5, 5.41) is 10.5. The highest BCUT2D eigenvalue weighted by atomic mass is 16.5. The van der Waals surface area contributed by atoms with Gasteiger partial charge in [-0.05, 0) is 57.3 Å². The average molecular weight is 536 g/mol. The van der Waals surface area contributed by atoms with E-state index in [1.165, 1.54) is 32.3 Å². The number of rotatable bonds is 1. The minimum absolute atomic E-state index is 0.655. The molecule has 0 spiro atoms. The second kappa shape index (κ2) is 7.93. The monoisotopic (exact) mass is 535 g/mol. The maximum atomic E-state index is 6.45. The topological polar surface area (TPSA) is 39.9 Å². The molecule has 10 rings (SSSR count). The van der Waals surface area contributed by atoms with Crippen LogP contribution in [0.25, 0.3) is 82.2 Å². The minimum Gasteiger partial charge on any atom is -0.456 e. The maximum absolute atomic E-state index is 6.45. The molecule has 4 heteroatoms. The third kappa shape index (κ3) is 2.80. The van der Waals surface area contributed by atoms with Crippen LogP contribution in [0.3, 0.4) is 0 Å². The summed E-state index contributed by atoms with van der Waals surface area (Å²) in [6.07, 6.45) is 0. The van der Waals surface area contributed by atoms with Crippen molar-refractivity contribution in [2.45, 2.75) is 0 Å². The Bertz CT molecular complexity index is 2610. The predicted octanol–water partition coefficient (Wildman–Crippen LogP) is 9.96. The zero-order chi connectivity index (χ0) is 27.4. The zero-order valence-electron chi connectivity index (χ0n) is 22.4. The van der Waals surface area contributed by atoms with Crippen LogP contribution in [-0.2, 0) is 0 Å². The second-order valence-electron chi connectivity index (χ2n) is 11.0. The molecule has 0 atom stereocenters. The molecular weight excluding hydrogens is 514 g/mol. The summed E-state index contributed by atoms with van der Waals surface area (Å²) in [7, 11) is 0. The molecule has 0 N–H and O–H groups in total. The van der Waals surface area contributed by atoms with Gasteiger partial charge in [-0.3, -0.25) is 4.57 Å². The van der Waals surface area contributed by atoms with E-state index in [-0.39, 0.29) is 0 Å². The van der Waals surface area contributed by atoms with Gasteiger partial charge in [-0.2, -0.15) is 0 Å². The molecule has 42 heavy (non-hydrogen) atoms. The van der Waals surface area contributed by atoms with Crippen molar-refractivity contribution in [3.8, 4) is 28.7 Å². The van der Waals surface area contributed by atoms with E-state index >= 15 is 0 Å². The lowest BCUT2D eigenvalue weighted by Crippen LogP contribution is -2.07. The summed E-state index contributed by atoms with van der Waals surface area (Å²) in [5.74, 6) is 2.26. The Hall–Kier alpha value is -5.74. The van der Waals surface area contributed by atoms with Crippen LogP contribution in [0.5, 0.6) is 11.5 Å². The van der Waals surface area contributed by atoms with Crippen molar-refractivity contribution in [1.82, 2.24) is 14.5 Å². The average Bonchev–Trinajstić information content (AvgIpc) is 3.40. The summed E-state index contributed by atoms with van der Waals surface area (Å²) in [5.41, 5.74) is 4.95. The van der Waals surface area contributed by atoms with Crippen LogP contribution in [0.4, 0.5) is 0 Å². The molecule has 0 radical (unpaired) electrons. The number of benzene rings is 7. The van der Waals surface area contributed by atoms with E-state index in [1.807, 2.05) is 12.1 Å². The summed E-state index contributed by atoms with van der Waals surface area (Å²) in [4.78, 5) is 10.6. The van der Waals surface area contributed by atoms with Gasteiger partial charge in [0.1, 0.15) is 11.5 Å². The number of nitrogens with zero attached hydrogens (tertiary/aromatic N) is 3. The molecule has 1 aliphatic heterocycles. The van der Waals surface area contributed by atoms with Crippen LogP contribution in [0.1, 0.15) is 0 Å². The van der Waals surface area contributed by atoms with Gasteiger partial charge in [-0.15, -0.1) is 0 Å². The number of aromatic nitrogens is 3. The maximum Gasteiger partial charge on any atom is 0.235 e. The predicted molar refractivity (Wildman–Crippen MR) is 172 cm³/mol. The first-order valence-electron chi connectivity index (χ1n) is 14.2. The molecule has 2 aromatic heterocycles. The highest BCUT2D eigenvalue weighted by molar-refractivity contribution is 6.32. The van der Waals surface area contributed by atoms with Gasteiger partial charge >= 0.3 is 0 Å². The van der Waals surface area contributed by atoms with E-state index in [9.17, 15) is 0 Å². The van der Waals surface area contributed by atoms with Gasteiger partial charge in [0.2, 0.25) is 5.95 Å². The highest BCUT2D eigenvalue weighted by Gasteiger charge is 2.26. The van der Waals surface area contributed by atoms with Crippen molar-refractivity contribution < 1.29 is 4.74 Å². The smallest absolute Gasteiger partial charge is 0.235 e. The fraction of sp³-hybridized carbons (Fsp3) is 0. The fourth-order valence-electron chi connectivity index (χ4n) is 6.96. The molecule has 1 aliphatic rings. The van der Waals surface area contributed by atoms with Crippen molar-refractivity contribution >= 4 is 65.0 Å². The molecular formula is C38H21N3O. The van der Waals surface area contributed by atoms with Gasteiger partial charge in [-0.1, -0.05) is 97.1 Å². The molecule has 9 aromatic rings. The van der Waals surface area contributed by atoms with E-state index in [2.05, 4.69) is 120 Å². The molecule has 0 fully saturated rings. The minimum atomic E-state index is 0.655. The van der Waals surface area contributed by atoms with E-state index in [1.54, 1.807) is 0 Å². The van der Waals surface area contributed by atoms with Crippen LogP contribution in [-0.4, -0.2) is 14.5 Å². The van der Waals surface area contributed by atoms with Crippen molar-refractivity contribution in [2.75, 3.05) is 0 Å². The Labute approximate surface area is 240 Å². The van der Waals surface area contributed by atoms with Gasteiger partial charge in [-0.25, -0.2) is 9.97 Å². The van der Waals surface area contributed by atoms with Gasteiger partial charge in [0.15, 0.2) is 0 Å². The molecule has 0 saturated carbocycles. The molecule has 194 valence electrons. The first kappa shape index (κ1) is 22.0. The van der Waals surface area contributed by atoms with Gasteiger partial charge < -0.3 is 4.74 Å². The molecule has 0 aliphatic carbocycles. The Morgan fingerprint density at radius 3 is 2.00 bits per heavy atom. The summed E-state index contributed by atoms with van der Waals surface area (Å²) in [6.45, 7) is 0. The standard InChI is InChI=1S/C38H21N3O/c1-2-11-23-21-33-29(20-22(23)10-1)36-35-30(17-9-19-32(35)42-33)39-38(40-36)41-31-18-8-7-16-28(31)34-26-14-5-3-12-24(26)25-13-4-6-15-27(25)37(34)41/h1-21H. The molecule has 7 aromatic carbocycles. The highest BCUT2D eigenvalue weighted by Crippen LogP contribution is 2.48. The van der Waals surface area contributed by atoms with E-state index in [4.69, 9.17) is 14.7 Å². The number of hydrogen-bond acceptors (Lipinski definition) is 3. The van der Waals surface area contributed by atoms with E-state index < -0.39 is 0 Å². The Morgan fingerprint density at radius 2 is 1.17 bits per heavy atom. The summed E-state index contributed by atoms with van der Waals surface area (Å²) >= 11 is 0. The summed E-state index contributed by atoms with van der Waals surface area (Å²) < 4.78 is 8.71. The largest absolute Gasteiger partial charge is 0.456 e. The quantitative estimate of drug-likeness (QED) is 0.196. The molecule has 0 saturated heterocycles. The van der Waals surface area contributed by atoms with Crippen LogP contribution in [0, 0.1) is 0 Å². The van der Waals surface area contributed by atoms with Crippen molar-refractivity contribution in [1.29, 1.82) is 0 Å². The molecule has 0 unspecified atom stereocenters. The number of para-hydroxylation sites is 1. The SMILES string of the molecule is c1ccc2cc3c(cc2c1)Oc1cccc2nc(-n4c5ccccc5c5c6ccccc6c6ccccc6c54)nc-3c12.